The van der Waals surface area contributed by atoms with Gasteiger partial charge in [0.2, 0.25) is 5.91 Å². The summed E-state index contributed by atoms with van der Waals surface area (Å²) in [5.74, 6) is 0.666. The van der Waals surface area contributed by atoms with Gasteiger partial charge in [-0.15, -0.1) is 11.3 Å². The van der Waals surface area contributed by atoms with Crippen LogP contribution in [0.25, 0.3) is 12.2 Å². The molecule has 0 unspecified atom stereocenters. The average molecular weight is 521 g/mol. The minimum atomic E-state index is -0.539. The molecule has 1 aliphatic heterocycles. The van der Waals surface area contributed by atoms with Crippen LogP contribution < -0.4 is 19.5 Å². The van der Waals surface area contributed by atoms with Crippen LogP contribution >= 0.6 is 11.3 Å². The topological polar surface area (TPSA) is 77.8 Å². The largest absolute Gasteiger partial charge is 0.489 e. The van der Waals surface area contributed by atoms with E-state index in [-0.39, 0.29) is 24.6 Å². The molecule has 1 aromatic heterocycles. The van der Waals surface area contributed by atoms with Gasteiger partial charge in [0.15, 0.2) is 0 Å². The van der Waals surface area contributed by atoms with Crippen molar-refractivity contribution in [3.63, 3.8) is 0 Å². The number of esters is 1. The van der Waals surface area contributed by atoms with E-state index in [9.17, 15) is 14.4 Å². The Bertz CT molecular complexity index is 1380. The number of rotatable bonds is 8. The summed E-state index contributed by atoms with van der Waals surface area (Å²) in [5, 5.41) is 0. The summed E-state index contributed by atoms with van der Waals surface area (Å²) in [6, 6.07) is 17.4. The van der Waals surface area contributed by atoms with Crippen LogP contribution in [0.3, 0.4) is 0 Å². The van der Waals surface area contributed by atoms with Gasteiger partial charge in [-0.05, 0) is 55.0 Å². The van der Waals surface area contributed by atoms with Gasteiger partial charge < -0.3 is 14.4 Å². The summed E-state index contributed by atoms with van der Waals surface area (Å²) in [7, 11) is 0. The lowest BCUT2D eigenvalue weighted by Gasteiger charge is -2.30. The van der Waals surface area contributed by atoms with Gasteiger partial charge in [0, 0.05) is 13.1 Å². The van der Waals surface area contributed by atoms with E-state index in [2.05, 4.69) is 6.92 Å². The Hall–Kier alpha value is -3.65. The predicted octanol–water partition coefficient (Wildman–Crippen LogP) is 2.92. The minimum Gasteiger partial charge on any atom is -0.489 e. The lowest BCUT2D eigenvalue weighted by molar-refractivity contribution is -0.136. The van der Waals surface area contributed by atoms with Gasteiger partial charge in [-0.3, -0.25) is 14.2 Å². The number of amides is 1. The monoisotopic (exact) mass is 520 g/mol. The molecule has 0 bridgehead atoms. The summed E-state index contributed by atoms with van der Waals surface area (Å²) >= 11 is 1.17. The SMILES string of the molecule is CCOC(=O)/C=c1/s/c(=C\c2ccc(OCc3ccccc3)cc2)c(=O)n1CC(=O)N1CCC(C)CC1. The highest BCUT2D eigenvalue weighted by Gasteiger charge is 2.21. The number of carbonyl (C=O) groups is 2. The molecule has 1 amide bonds. The molecule has 0 radical (unpaired) electrons. The fourth-order valence-corrected chi connectivity index (χ4v) is 5.15. The van der Waals surface area contributed by atoms with E-state index in [1.165, 1.54) is 22.0 Å². The second kappa shape index (κ2) is 12.5. The number of likely N-dealkylation sites (tertiary alicyclic amines) is 1. The van der Waals surface area contributed by atoms with Crippen molar-refractivity contribution in [2.75, 3.05) is 19.7 Å². The van der Waals surface area contributed by atoms with Crippen LogP contribution in [0.5, 0.6) is 5.75 Å². The van der Waals surface area contributed by atoms with Crippen LogP contribution in [0.1, 0.15) is 37.8 Å². The van der Waals surface area contributed by atoms with Crippen molar-refractivity contribution < 1.29 is 19.1 Å². The van der Waals surface area contributed by atoms with Crippen molar-refractivity contribution in [2.24, 2.45) is 5.92 Å². The Labute approximate surface area is 220 Å². The molecule has 3 aromatic rings. The summed E-state index contributed by atoms with van der Waals surface area (Å²) in [6.07, 6.45) is 4.96. The van der Waals surface area contributed by atoms with Crippen LogP contribution in [-0.2, 0) is 27.5 Å². The Morgan fingerprint density at radius 1 is 1.05 bits per heavy atom. The highest BCUT2D eigenvalue weighted by atomic mass is 32.1. The molecule has 194 valence electrons. The lowest BCUT2D eigenvalue weighted by Crippen LogP contribution is -2.43. The van der Waals surface area contributed by atoms with Crippen molar-refractivity contribution in [3.05, 3.63) is 85.3 Å². The van der Waals surface area contributed by atoms with Crippen molar-refractivity contribution in [1.29, 1.82) is 0 Å². The molecule has 0 N–H and O–H groups in total. The number of nitrogens with zero attached hydrogens (tertiary/aromatic N) is 2. The number of thiazole rings is 1. The molecule has 1 aliphatic rings. The maximum Gasteiger partial charge on any atom is 0.333 e. The van der Waals surface area contributed by atoms with E-state index in [0.717, 1.165) is 29.7 Å². The van der Waals surface area contributed by atoms with Crippen LogP contribution in [0, 0.1) is 5.92 Å². The first-order valence-electron chi connectivity index (χ1n) is 12.6. The van der Waals surface area contributed by atoms with Gasteiger partial charge in [-0.25, -0.2) is 4.79 Å². The summed E-state index contributed by atoms with van der Waals surface area (Å²) < 4.78 is 13.1. The Morgan fingerprint density at radius 2 is 1.76 bits per heavy atom. The molecule has 2 heterocycles. The number of ether oxygens (including phenoxy) is 2. The second-order valence-electron chi connectivity index (χ2n) is 9.14. The molecule has 7 nitrogen and oxygen atoms in total. The van der Waals surface area contributed by atoms with Gasteiger partial charge in [0.05, 0.1) is 17.2 Å². The average Bonchev–Trinajstić information content (AvgIpc) is 3.18. The molecular formula is C29H32N2O5S. The molecule has 0 spiro atoms. The molecule has 0 saturated carbocycles. The van der Waals surface area contributed by atoms with E-state index >= 15 is 0 Å². The Kier molecular flexibility index (Phi) is 8.95. The van der Waals surface area contributed by atoms with E-state index in [4.69, 9.17) is 9.47 Å². The Morgan fingerprint density at radius 3 is 2.43 bits per heavy atom. The zero-order chi connectivity index (χ0) is 26.2. The van der Waals surface area contributed by atoms with Crippen LogP contribution in [0.2, 0.25) is 0 Å². The number of carbonyl (C=O) groups excluding carboxylic acids is 2. The molecule has 0 aliphatic carbocycles. The molecule has 0 atom stereocenters. The maximum atomic E-state index is 13.3. The van der Waals surface area contributed by atoms with E-state index < -0.39 is 5.97 Å². The molecule has 37 heavy (non-hydrogen) atoms. The van der Waals surface area contributed by atoms with E-state index in [0.29, 0.717) is 34.8 Å². The van der Waals surface area contributed by atoms with Gasteiger partial charge in [0.1, 0.15) is 23.6 Å². The maximum absolute atomic E-state index is 13.3. The van der Waals surface area contributed by atoms with E-state index in [1.807, 2.05) is 54.6 Å². The molecule has 4 rings (SSSR count). The third kappa shape index (κ3) is 7.20. The lowest BCUT2D eigenvalue weighted by atomic mass is 9.99. The smallest absolute Gasteiger partial charge is 0.333 e. The molecule has 1 fully saturated rings. The molecule has 8 heteroatoms. The predicted molar refractivity (Wildman–Crippen MR) is 145 cm³/mol. The number of aromatic nitrogens is 1. The molecular weight excluding hydrogens is 488 g/mol. The molecule has 2 aromatic carbocycles. The zero-order valence-electron chi connectivity index (χ0n) is 21.2. The highest BCUT2D eigenvalue weighted by molar-refractivity contribution is 7.07. The quantitative estimate of drug-likeness (QED) is 0.427. The van der Waals surface area contributed by atoms with E-state index in [1.54, 1.807) is 17.9 Å². The normalized spacial score (nSPS) is 15.1. The first kappa shape index (κ1) is 26.4. The van der Waals surface area contributed by atoms with Gasteiger partial charge in [-0.1, -0.05) is 49.4 Å². The summed E-state index contributed by atoms with van der Waals surface area (Å²) in [5.41, 5.74) is 1.59. The van der Waals surface area contributed by atoms with Crippen molar-refractivity contribution in [2.45, 2.75) is 39.8 Å². The summed E-state index contributed by atoms with van der Waals surface area (Å²) in [6.45, 7) is 5.88. The van der Waals surface area contributed by atoms with Gasteiger partial charge in [0.25, 0.3) is 5.56 Å². The summed E-state index contributed by atoms with van der Waals surface area (Å²) in [4.78, 5) is 40.2. The highest BCUT2D eigenvalue weighted by Crippen LogP contribution is 2.16. The number of benzene rings is 2. The Balaban J connectivity index is 1.57. The second-order valence-corrected chi connectivity index (χ2v) is 10.2. The standard InChI is InChI=1S/C29H32N2O5S/c1-3-35-28(33)18-27-31(19-26(32)30-15-13-21(2)14-16-30)29(34)25(37-27)17-22-9-11-24(12-10-22)36-20-23-7-5-4-6-8-23/h4-12,17-18,21H,3,13-16,19-20H2,1-2H3/b25-17-,27-18+. The van der Waals surface area contributed by atoms with Gasteiger partial charge >= 0.3 is 5.97 Å². The fourth-order valence-electron chi connectivity index (χ4n) is 4.12. The van der Waals surface area contributed by atoms with Crippen LogP contribution in [-0.4, -0.2) is 41.0 Å². The van der Waals surface area contributed by atoms with Crippen LogP contribution in [0.4, 0.5) is 0 Å². The minimum absolute atomic E-state index is 0.102. The number of piperidine rings is 1. The number of hydrogen-bond acceptors (Lipinski definition) is 6. The van der Waals surface area contributed by atoms with Gasteiger partial charge in [-0.2, -0.15) is 0 Å². The van der Waals surface area contributed by atoms with Crippen molar-refractivity contribution in [3.8, 4) is 5.75 Å². The fraction of sp³-hybridized carbons (Fsp3) is 0.345. The van der Waals surface area contributed by atoms with Crippen LogP contribution in [0.15, 0.2) is 59.4 Å². The first-order chi connectivity index (χ1) is 17.9. The van der Waals surface area contributed by atoms with Crippen molar-refractivity contribution >= 4 is 35.4 Å². The third-order valence-corrected chi connectivity index (χ3v) is 7.38. The number of hydrogen-bond donors (Lipinski definition) is 0. The first-order valence-corrected chi connectivity index (χ1v) is 13.4. The van der Waals surface area contributed by atoms with Crippen molar-refractivity contribution in [1.82, 2.24) is 9.47 Å². The third-order valence-electron chi connectivity index (χ3n) is 6.32. The molecule has 1 saturated heterocycles. The zero-order valence-corrected chi connectivity index (χ0v) is 22.0.